The smallest absolute Gasteiger partial charge is 0.134 e. The van der Waals surface area contributed by atoms with Crippen molar-refractivity contribution in [1.82, 2.24) is 0 Å². The van der Waals surface area contributed by atoms with Gasteiger partial charge in [0.15, 0.2) is 0 Å². The third kappa shape index (κ3) is 3.66. The zero-order valence-electron chi connectivity index (χ0n) is 12.9. The second kappa shape index (κ2) is 7.49. The minimum atomic E-state index is -0.228. The molecular formula is C18H19ClFNO2. The van der Waals surface area contributed by atoms with Gasteiger partial charge in [-0.3, -0.25) is 0 Å². The Bertz CT molecular complexity index is 801. The molecule has 0 radical (unpaired) electrons. The molecule has 5 heteroatoms. The average Bonchev–Trinajstić information content (AvgIpc) is 2.84. The third-order valence-electron chi connectivity index (χ3n) is 3.76. The lowest BCUT2D eigenvalue weighted by atomic mass is 10.0. The number of halogens is 2. The van der Waals surface area contributed by atoms with E-state index in [-0.39, 0.29) is 18.2 Å². The fourth-order valence-corrected chi connectivity index (χ4v) is 2.73. The molecule has 0 aliphatic rings. The lowest BCUT2D eigenvalue weighted by Gasteiger charge is -2.02. The Morgan fingerprint density at radius 1 is 1.17 bits per heavy atom. The first-order chi connectivity index (χ1) is 10.7. The van der Waals surface area contributed by atoms with Crippen LogP contribution in [0.1, 0.15) is 16.9 Å². The number of quaternary nitrogens is 1. The van der Waals surface area contributed by atoms with Gasteiger partial charge < -0.3 is 27.3 Å². The first kappa shape index (κ1) is 17.3. The summed E-state index contributed by atoms with van der Waals surface area (Å²) in [4.78, 5) is 0. The van der Waals surface area contributed by atoms with Crippen molar-refractivity contribution in [3.8, 4) is 5.75 Å². The molecule has 3 rings (SSSR count). The fourth-order valence-electron chi connectivity index (χ4n) is 2.73. The molecule has 3 nitrogen and oxygen atoms in total. The Morgan fingerprint density at radius 2 is 2.00 bits per heavy atom. The van der Waals surface area contributed by atoms with Crippen molar-refractivity contribution in [3.05, 3.63) is 65.2 Å². The van der Waals surface area contributed by atoms with Crippen LogP contribution in [0.5, 0.6) is 5.75 Å². The van der Waals surface area contributed by atoms with Crippen molar-refractivity contribution in [2.45, 2.75) is 12.8 Å². The van der Waals surface area contributed by atoms with Crippen molar-refractivity contribution < 1.29 is 31.7 Å². The largest absolute Gasteiger partial charge is 1.00 e. The summed E-state index contributed by atoms with van der Waals surface area (Å²) in [5.74, 6) is 1.45. The number of rotatable bonds is 5. The van der Waals surface area contributed by atoms with E-state index in [1.165, 1.54) is 6.07 Å². The van der Waals surface area contributed by atoms with Crippen molar-refractivity contribution in [2.75, 3.05) is 13.7 Å². The molecule has 0 fully saturated rings. The Kier molecular flexibility index (Phi) is 5.64. The van der Waals surface area contributed by atoms with Gasteiger partial charge in [0.05, 0.1) is 13.7 Å². The number of ether oxygens (including phenoxy) is 1. The molecule has 3 aromatic rings. The summed E-state index contributed by atoms with van der Waals surface area (Å²) in [6.07, 6.45) is 1.40. The van der Waals surface area contributed by atoms with Crippen molar-refractivity contribution in [2.24, 2.45) is 0 Å². The maximum absolute atomic E-state index is 13.4. The maximum Gasteiger partial charge on any atom is 0.134 e. The van der Waals surface area contributed by atoms with Crippen LogP contribution in [0.4, 0.5) is 4.39 Å². The van der Waals surface area contributed by atoms with Gasteiger partial charge in [-0.2, -0.15) is 0 Å². The van der Waals surface area contributed by atoms with E-state index in [4.69, 9.17) is 9.15 Å². The van der Waals surface area contributed by atoms with Crippen LogP contribution in [0, 0.1) is 5.82 Å². The normalized spacial score (nSPS) is 10.6. The number of methoxy groups -OCH3 is 1. The predicted octanol–water partition coefficient (Wildman–Crippen LogP) is -0.0403. The van der Waals surface area contributed by atoms with Gasteiger partial charge in [-0.05, 0) is 35.9 Å². The minimum Gasteiger partial charge on any atom is -1.00 e. The van der Waals surface area contributed by atoms with Gasteiger partial charge in [0, 0.05) is 23.8 Å². The molecule has 0 aliphatic heterocycles. The zero-order valence-corrected chi connectivity index (χ0v) is 13.7. The van der Waals surface area contributed by atoms with Crippen LogP contribution in [0.2, 0.25) is 0 Å². The average molecular weight is 336 g/mol. The summed E-state index contributed by atoms with van der Waals surface area (Å²) in [5, 5.41) is 1.05. The quantitative estimate of drug-likeness (QED) is 0.711. The lowest BCUT2D eigenvalue weighted by Crippen LogP contribution is -3.00. The summed E-state index contributed by atoms with van der Waals surface area (Å²) in [7, 11) is 1.65. The monoisotopic (exact) mass is 335 g/mol. The van der Waals surface area contributed by atoms with Gasteiger partial charge in [0.25, 0.3) is 0 Å². The van der Waals surface area contributed by atoms with E-state index < -0.39 is 0 Å². The van der Waals surface area contributed by atoms with Crippen LogP contribution in [-0.2, 0) is 12.8 Å². The summed E-state index contributed by atoms with van der Waals surface area (Å²) in [5.41, 5.74) is 6.80. The van der Waals surface area contributed by atoms with E-state index in [0.29, 0.717) is 6.42 Å². The molecular weight excluding hydrogens is 317 g/mol. The second-order valence-electron chi connectivity index (χ2n) is 5.28. The van der Waals surface area contributed by atoms with E-state index in [2.05, 4.69) is 5.73 Å². The number of hydrogen-bond acceptors (Lipinski definition) is 2. The first-order valence-corrected chi connectivity index (χ1v) is 7.33. The molecule has 0 aliphatic carbocycles. The predicted molar refractivity (Wildman–Crippen MR) is 83.4 cm³/mol. The summed E-state index contributed by atoms with van der Waals surface area (Å²) < 4.78 is 24.6. The van der Waals surface area contributed by atoms with Gasteiger partial charge in [-0.15, -0.1) is 0 Å². The Hall–Kier alpha value is -2.04. The molecule has 0 saturated carbocycles. The summed E-state index contributed by atoms with van der Waals surface area (Å²) >= 11 is 0. The van der Waals surface area contributed by atoms with Gasteiger partial charge in [0.2, 0.25) is 0 Å². The molecule has 0 atom stereocenters. The topological polar surface area (TPSA) is 50.0 Å². The van der Waals surface area contributed by atoms with E-state index in [0.717, 1.165) is 46.6 Å². The molecule has 0 spiro atoms. The molecule has 0 saturated heterocycles. The Morgan fingerprint density at radius 3 is 2.70 bits per heavy atom. The van der Waals surface area contributed by atoms with Crippen LogP contribution in [0.3, 0.4) is 0 Å². The first-order valence-electron chi connectivity index (χ1n) is 7.33. The van der Waals surface area contributed by atoms with Gasteiger partial charge in [-0.25, -0.2) is 4.39 Å². The Balaban J connectivity index is 0.00000192. The molecule has 122 valence electrons. The number of benzene rings is 2. The number of hydrogen-bond donors (Lipinski definition) is 1. The van der Waals surface area contributed by atoms with Crippen LogP contribution < -0.4 is 22.9 Å². The van der Waals surface area contributed by atoms with E-state index in [1.54, 1.807) is 19.2 Å². The van der Waals surface area contributed by atoms with E-state index >= 15 is 0 Å². The molecule has 0 bridgehead atoms. The highest BCUT2D eigenvalue weighted by molar-refractivity contribution is 5.84. The highest BCUT2D eigenvalue weighted by atomic mass is 35.5. The van der Waals surface area contributed by atoms with Crippen molar-refractivity contribution in [3.63, 3.8) is 0 Å². The van der Waals surface area contributed by atoms with E-state index in [1.807, 2.05) is 24.3 Å². The molecule has 3 N–H and O–H groups in total. The number of furan rings is 1. The highest BCUT2D eigenvalue weighted by Crippen LogP contribution is 2.31. The van der Waals surface area contributed by atoms with Gasteiger partial charge in [-0.1, -0.05) is 12.1 Å². The zero-order chi connectivity index (χ0) is 15.5. The van der Waals surface area contributed by atoms with Crippen LogP contribution >= 0.6 is 0 Å². The molecule has 1 aromatic heterocycles. The summed E-state index contributed by atoms with van der Waals surface area (Å²) in [6, 6.07) is 12.4. The molecule has 23 heavy (non-hydrogen) atoms. The van der Waals surface area contributed by atoms with E-state index in [9.17, 15) is 4.39 Å². The highest BCUT2D eigenvalue weighted by Gasteiger charge is 2.15. The van der Waals surface area contributed by atoms with Crippen LogP contribution in [0.15, 0.2) is 46.9 Å². The van der Waals surface area contributed by atoms with Crippen molar-refractivity contribution in [1.29, 1.82) is 0 Å². The number of fused-ring (bicyclic) bond motifs is 1. The fraction of sp³-hybridized carbons (Fsp3) is 0.222. The van der Waals surface area contributed by atoms with Gasteiger partial charge >= 0.3 is 0 Å². The standard InChI is InChI=1S/C18H18FNO2.ClH/c1-21-14-5-6-17-16(11-14)15(7-8-20)18(22-17)10-12-3-2-4-13(19)9-12;/h2-6,9,11H,7-8,10,20H2,1H3;1H. The van der Waals surface area contributed by atoms with Gasteiger partial charge in [0.1, 0.15) is 22.9 Å². The maximum atomic E-state index is 13.4. The molecule has 2 aromatic carbocycles. The third-order valence-corrected chi connectivity index (χ3v) is 3.76. The SMILES string of the molecule is COc1ccc2oc(Cc3cccc(F)c3)c(CC[NH3+])c2c1.[Cl-]. The molecule has 0 amide bonds. The minimum absolute atomic E-state index is 0. The Labute approximate surface area is 140 Å². The van der Waals surface area contributed by atoms with Crippen LogP contribution in [-0.4, -0.2) is 13.7 Å². The van der Waals surface area contributed by atoms with Crippen molar-refractivity contribution >= 4 is 11.0 Å². The molecule has 0 unspecified atom stereocenters. The van der Waals surface area contributed by atoms with Crippen LogP contribution in [0.25, 0.3) is 11.0 Å². The summed E-state index contributed by atoms with van der Waals surface area (Å²) in [6.45, 7) is 0.780. The second-order valence-corrected chi connectivity index (χ2v) is 5.28. The molecule has 1 heterocycles. The lowest BCUT2D eigenvalue weighted by molar-refractivity contribution is -0.366.